The summed E-state index contributed by atoms with van der Waals surface area (Å²) >= 11 is 0. The number of nitrogens with zero attached hydrogens (tertiary/aromatic N) is 2. The second-order valence-electron chi connectivity index (χ2n) is 10.3. The van der Waals surface area contributed by atoms with Gasteiger partial charge in [-0.1, -0.05) is 72.2 Å². The Bertz CT molecular complexity index is 1780. The number of aliphatic hydroxyl groups is 1. The van der Waals surface area contributed by atoms with Gasteiger partial charge in [0.25, 0.3) is 0 Å². The molecule has 4 aromatic carbocycles. The summed E-state index contributed by atoms with van der Waals surface area (Å²) in [6.07, 6.45) is 2.91. The molecule has 199 valence electrons. The minimum absolute atomic E-state index is 0. The van der Waals surface area contributed by atoms with E-state index in [0.29, 0.717) is 22.2 Å². The largest absolute Gasteiger partial charge is 0.512 e. The Morgan fingerprint density at radius 2 is 1.67 bits per heavy atom. The monoisotopic (exact) mass is 712 g/mol. The van der Waals surface area contributed by atoms with Crippen molar-refractivity contribution < 1.29 is 34.4 Å². The predicted octanol–water partition coefficient (Wildman–Crippen LogP) is 7.60. The van der Waals surface area contributed by atoms with Crippen molar-refractivity contribution in [3.05, 3.63) is 96.1 Å². The van der Waals surface area contributed by atoms with E-state index in [1.54, 1.807) is 18.3 Å². The molecule has 7 heteroatoms. The van der Waals surface area contributed by atoms with Crippen molar-refractivity contribution in [2.45, 2.75) is 33.5 Å². The molecule has 0 atom stereocenters. The Morgan fingerprint density at radius 3 is 2.28 bits per heavy atom. The first-order chi connectivity index (χ1) is 18.0. The molecule has 5 rings (SSSR count). The molecule has 0 amide bonds. The second-order valence-corrected chi connectivity index (χ2v) is 15.4. The maximum absolute atomic E-state index is 15.3. The molecule has 5 aromatic rings. The smallest absolute Gasteiger partial charge is 0.155 e. The summed E-state index contributed by atoms with van der Waals surface area (Å²) in [6, 6.07) is 24.8. The zero-order valence-electron chi connectivity index (χ0n) is 22.4. The number of aliphatic hydroxyl groups excluding tert-OH is 1. The van der Waals surface area contributed by atoms with Crippen LogP contribution in [-0.4, -0.2) is 23.9 Å². The Labute approximate surface area is 242 Å². The molecule has 0 aliphatic rings. The first kappa shape index (κ1) is 29.9. The number of halogens is 1. The molecular formula is C32H28FIrN2O2Si-. The molecule has 0 bridgehead atoms. The van der Waals surface area contributed by atoms with Gasteiger partial charge in [0.1, 0.15) is 5.82 Å². The Kier molecular flexibility index (Phi) is 9.19. The number of aromatic nitrogens is 1. The van der Waals surface area contributed by atoms with Gasteiger partial charge in [-0.15, -0.1) is 23.6 Å². The topological polar surface area (TPSA) is 74.0 Å². The third kappa shape index (κ3) is 6.48. The van der Waals surface area contributed by atoms with Crippen LogP contribution in [0.2, 0.25) is 19.6 Å². The van der Waals surface area contributed by atoms with Crippen molar-refractivity contribution in [2.75, 3.05) is 0 Å². The molecule has 0 aliphatic carbocycles. The Morgan fingerprint density at radius 1 is 0.974 bits per heavy atom. The number of hydrogen-bond donors (Lipinski definition) is 1. The fraction of sp³-hybridized carbons (Fsp3) is 0.156. The third-order valence-corrected chi connectivity index (χ3v) is 8.30. The van der Waals surface area contributed by atoms with Crippen molar-refractivity contribution in [2.24, 2.45) is 0 Å². The summed E-state index contributed by atoms with van der Waals surface area (Å²) in [6.45, 7) is 9.63. The third-order valence-electron chi connectivity index (χ3n) is 6.26. The van der Waals surface area contributed by atoms with Gasteiger partial charge < -0.3 is 5.11 Å². The van der Waals surface area contributed by atoms with E-state index < -0.39 is 8.07 Å². The number of carbonyl (C=O) groups excluding carboxylic acids is 1. The average molecular weight is 712 g/mol. The van der Waals surface area contributed by atoms with Crippen molar-refractivity contribution in [1.82, 2.24) is 4.98 Å². The maximum Gasteiger partial charge on any atom is 0.155 e. The molecule has 0 unspecified atom stereocenters. The molecule has 1 N–H and O–H groups in total. The van der Waals surface area contributed by atoms with Crippen LogP contribution in [0, 0.1) is 23.2 Å². The Hall–Kier alpha value is -3.69. The zero-order valence-corrected chi connectivity index (χ0v) is 25.8. The van der Waals surface area contributed by atoms with Gasteiger partial charge >= 0.3 is 0 Å². The number of ketones is 1. The van der Waals surface area contributed by atoms with E-state index in [9.17, 15) is 10.1 Å². The number of benzene rings is 4. The number of nitriles is 1. The standard InChI is InChI=1S/C27H20FN2Si.C5H8O2.Ir/c1-31(2,3)20-8-9-22-23-10-11-30-27(25(23)15-26(28)24(22)14-20)18-12-17-6-4-5-7-21(17)19(13-18)16-29;1-4(6)3-5(2)7;/h4-11,13-15H,1-3H3;3,6H,1-2H3;/q-1;;/b;4-3-;. The van der Waals surface area contributed by atoms with E-state index in [4.69, 9.17) is 5.11 Å². The van der Waals surface area contributed by atoms with E-state index in [0.717, 1.165) is 26.9 Å². The summed E-state index contributed by atoms with van der Waals surface area (Å²) < 4.78 is 15.3. The molecule has 0 saturated heterocycles. The number of allylic oxidation sites excluding steroid dienone is 2. The fourth-order valence-corrected chi connectivity index (χ4v) is 5.62. The van der Waals surface area contributed by atoms with Crippen LogP contribution in [0.1, 0.15) is 19.4 Å². The van der Waals surface area contributed by atoms with Gasteiger partial charge in [-0.3, -0.25) is 9.78 Å². The van der Waals surface area contributed by atoms with Gasteiger partial charge in [0.2, 0.25) is 0 Å². The second kappa shape index (κ2) is 12.0. The van der Waals surface area contributed by atoms with Crippen LogP contribution in [0.15, 0.2) is 78.7 Å². The van der Waals surface area contributed by atoms with Crippen LogP contribution in [0.25, 0.3) is 43.6 Å². The number of rotatable bonds is 3. The van der Waals surface area contributed by atoms with Gasteiger partial charge in [0.05, 0.1) is 19.9 Å². The molecule has 0 fully saturated rings. The van der Waals surface area contributed by atoms with Gasteiger partial charge in [-0.2, -0.15) is 5.26 Å². The van der Waals surface area contributed by atoms with E-state index in [2.05, 4.69) is 42.8 Å². The maximum atomic E-state index is 15.3. The minimum Gasteiger partial charge on any atom is -0.512 e. The van der Waals surface area contributed by atoms with Crippen LogP contribution in [0.4, 0.5) is 4.39 Å². The number of fused-ring (bicyclic) bond motifs is 4. The molecule has 1 aromatic heterocycles. The van der Waals surface area contributed by atoms with E-state index >= 15 is 4.39 Å². The quantitative estimate of drug-likeness (QED) is 0.0688. The molecule has 1 radical (unpaired) electrons. The summed E-state index contributed by atoms with van der Waals surface area (Å²) in [5, 5.41) is 24.1. The summed E-state index contributed by atoms with van der Waals surface area (Å²) in [5.41, 5.74) is 1.89. The van der Waals surface area contributed by atoms with Gasteiger partial charge in [-0.05, 0) is 47.7 Å². The van der Waals surface area contributed by atoms with Crippen molar-refractivity contribution in [3.8, 4) is 17.3 Å². The molecule has 1 heterocycles. The first-order valence-corrected chi connectivity index (χ1v) is 15.7. The molecule has 0 aliphatic heterocycles. The SMILES string of the molecule is CC(=O)/C=C(/C)O.C[Si](C)(C)c1ccc2c(c1)c(F)cc1c(-c3[c-]c4ccccc4c(C#N)c3)nccc12.[Ir]. The van der Waals surface area contributed by atoms with E-state index in [1.165, 1.54) is 25.1 Å². The van der Waals surface area contributed by atoms with Gasteiger partial charge in [-0.25, -0.2) is 4.39 Å². The predicted molar refractivity (Wildman–Crippen MR) is 156 cm³/mol. The van der Waals surface area contributed by atoms with Crippen LogP contribution in [-0.2, 0) is 24.9 Å². The molecule has 39 heavy (non-hydrogen) atoms. The van der Waals surface area contributed by atoms with Crippen LogP contribution >= 0.6 is 0 Å². The summed E-state index contributed by atoms with van der Waals surface area (Å²) in [5.74, 6) is -0.314. The Balaban J connectivity index is 0.000000468. The van der Waals surface area contributed by atoms with Crippen molar-refractivity contribution in [1.29, 1.82) is 5.26 Å². The molecule has 0 spiro atoms. The normalized spacial score (nSPS) is 11.5. The first-order valence-electron chi connectivity index (χ1n) is 12.2. The van der Waals surface area contributed by atoms with Crippen LogP contribution in [0.5, 0.6) is 0 Å². The van der Waals surface area contributed by atoms with Crippen molar-refractivity contribution >= 4 is 51.4 Å². The van der Waals surface area contributed by atoms with Gasteiger partial charge in [0, 0.05) is 43.5 Å². The summed E-state index contributed by atoms with van der Waals surface area (Å²) in [7, 11) is -1.56. The van der Waals surface area contributed by atoms with E-state index in [1.807, 2.05) is 42.5 Å². The molecular weight excluding hydrogens is 684 g/mol. The summed E-state index contributed by atoms with van der Waals surface area (Å²) in [4.78, 5) is 14.6. The fourth-order valence-electron chi connectivity index (χ4n) is 4.46. The average Bonchev–Trinajstić information content (AvgIpc) is 2.86. The van der Waals surface area contributed by atoms with Gasteiger partial charge in [0.15, 0.2) is 5.78 Å². The molecule has 0 saturated carbocycles. The number of carbonyl (C=O) groups is 1. The zero-order chi connectivity index (χ0) is 27.6. The molecule has 4 nitrogen and oxygen atoms in total. The number of pyridine rings is 1. The van der Waals surface area contributed by atoms with Crippen molar-refractivity contribution in [3.63, 3.8) is 0 Å². The van der Waals surface area contributed by atoms with Crippen LogP contribution < -0.4 is 5.19 Å². The van der Waals surface area contributed by atoms with Crippen LogP contribution in [0.3, 0.4) is 0 Å². The van der Waals surface area contributed by atoms with E-state index in [-0.39, 0.29) is 37.5 Å². The minimum atomic E-state index is -1.56. The number of hydrogen-bond acceptors (Lipinski definition) is 4.